The molecule has 3 heteroatoms. The van der Waals surface area contributed by atoms with E-state index in [1.54, 1.807) is 6.20 Å². The Morgan fingerprint density at radius 3 is 2.65 bits per heavy atom. The Bertz CT molecular complexity index is 705. The Morgan fingerprint density at radius 2 is 1.88 bits per heavy atom. The quantitative estimate of drug-likeness (QED) is 0.631. The maximum atomic E-state index is 9.11. The molecular weight excluding hydrogens is 210 g/mol. The molecule has 0 bridgehead atoms. The first-order chi connectivity index (χ1) is 8.40. The molecule has 0 amide bonds. The van der Waals surface area contributed by atoms with Crippen molar-refractivity contribution in [2.24, 2.45) is 0 Å². The molecule has 0 saturated carbocycles. The van der Waals surface area contributed by atoms with Gasteiger partial charge in [0.25, 0.3) is 0 Å². The highest BCUT2D eigenvalue weighted by Crippen LogP contribution is 2.23. The van der Waals surface area contributed by atoms with E-state index < -0.39 is 0 Å². The minimum absolute atomic E-state index is 0.672. The van der Waals surface area contributed by atoms with Crippen LogP contribution in [0.3, 0.4) is 0 Å². The molecule has 17 heavy (non-hydrogen) atoms. The van der Waals surface area contributed by atoms with Crippen molar-refractivity contribution in [2.75, 3.05) is 0 Å². The minimum Gasteiger partial charge on any atom is -0.300 e. The maximum absolute atomic E-state index is 9.11. The van der Waals surface area contributed by atoms with Crippen LogP contribution in [0.2, 0.25) is 0 Å². The standard InChI is InChI=1S/C14H9N3/c15-9-11-10-17(14-7-3-4-8-16-14)13-6-2-1-5-12(11)13/h1-8,10H. The van der Waals surface area contributed by atoms with Crippen molar-refractivity contribution in [1.82, 2.24) is 9.55 Å². The molecule has 0 aliphatic heterocycles. The van der Waals surface area contributed by atoms with Crippen LogP contribution in [0.15, 0.2) is 54.9 Å². The van der Waals surface area contributed by atoms with E-state index in [4.69, 9.17) is 5.26 Å². The Labute approximate surface area is 98.6 Å². The molecule has 80 valence electrons. The van der Waals surface area contributed by atoms with Gasteiger partial charge in [0, 0.05) is 17.8 Å². The Morgan fingerprint density at radius 1 is 1.06 bits per heavy atom. The summed E-state index contributed by atoms with van der Waals surface area (Å²) in [6.45, 7) is 0. The predicted octanol–water partition coefficient (Wildman–Crippen LogP) is 2.90. The number of aromatic nitrogens is 2. The van der Waals surface area contributed by atoms with Crippen molar-refractivity contribution in [1.29, 1.82) is 5.26 Å². The molecule has 0 fully saturated rings. The van der Waals surface area contributed by atoms with Gasteiger partial charge in [-0.25, -0.2) is 4.98 Å². The normalized spacial score (nSPS) is 10.3. The second kappa shape index (κ2) is 3.76. The molecule has 2 heterocycles. The molecule has 0 spiro atoms. The fourth-order valence-electron chi connectivity index (χ4n) is 1.95. The molecular formula is C14H9N3. The van der Waals surface area contributed by atoms with Gasteiger partial charge in [-0.15, -0.1) is 0 Å². The summed E-state index contributed by atoms with van der Waals surface area (Å²) < 4.78 is 1.94. The lowest BCUT2D eigenvalue weighted by Crippen LogP contribution is -1.93. The number of fused-ring (bicyclic) bond motifs is 1. The average molecular weight is 219 g/mol. The van der Waals surface area contributed by atoms with Gasteiger partial charge in [0.1, 0.15) is 11.9 Å². The first-order valence-electron chi connectivity index (χ1n) is 5.32. The number of benzene rings is 1. The first kappa shape index (κ1) is 9.61. The molecule has 0 radical (unpaired) electrons. The second-order valence-electron chi connectivity index (χ2n) is 3.73. The van der Waals surface area contributed by atoms with Gasteiger partial charge in [0.15, 0.2) is 0 Å². The molecule has 0 saturated heterocycles. The third-order valence-corrected chi connectivity index (χ3v) is 2.73. The van der Waals surface area contributed by atoms with Crippen molar-refractivity contribution in [3.63, 3.8) is 0 Å². The van der Waals surface area contributed by atoms with Gasteiger partial charge in [-0.1, -0.05) is 24.3 Å². The highest BCUT2D eigenvalue weighted by molar-refractivity contribution is 5.87. The number of hydrogen-bond acceptors (Lipinski definition) is 2. The summed E-state index contributed by atoms with van der Waals surface area (Å²) in [6.07, 6.45) is 3.57. The van der Waals surface area contributed by atoms with Gasteiger partial charge < -0.3 is 0 Å². The molecule has 2 aromatic heterocycles. The zero-order valence-corrected chi connectivity index (χ0v) is 9.04. The van der Waals surface area contributed by atoms with Crippen LogP contribution in [0.1, 0.15) is 5.56 Å². The highest BCUT2D eigenvalue weighted by atomic mass is 15.0. The fourth-order valence-corrected chi connectivity index (χ4v) is 1.95. The van der Waals surface area contributed by atoms with Gasteiger partial charge in [-0.2, -0.15) is 5.26 Å². The summed E-state index contributed by atoms with van der Waals surface area (Å²) in [7, 11) is 0. The van der Waals surface area contributed by atoms with E-state index in [-0.39, 0.29) is 0 Å². The predicted molar refractivity (Wildman–Crippen MR) is 65.8 cm³/mol. The van der Waals surface area contributed by atoms with E-state index in [1.165, 1.54) is 0 Å². The van der Waals surface area contributed by atoms with E-state index in [2.05, 4.69) is 11.1 Å². The van der Waals surface area contributed by atoms with E-state index in [1.807, 2.05) is 53.2 Å². The molecule has 3 aromatic rings. The first-order valence-corrected chi connectivity index (χ1v) is 5.32. The Balaban J connectivity index is 2.35. The van der Waals surface area contributed by atoms with E-state index in [0.29, 0.717) is 5.56 Å². The number of rotatable bonds is 1. The Hall–Kier alpha value is -2.60. The number of nitrogens with zero attached hydrogens (tertiary/aromatic N) is 3. The van der Waals surface area contributed by atoms with Crippen LogP contribution in [0, 0.1) is 11.3 Å². The monoisotopic (exact) mass is 219 g/mol. The van der Waals surface area contributed by atoms with Crippen molar-refractivity contribution in [3.8, 4) is 11.9 Å². The van der Waals surface area contributed by atoms with Gasteiger partial charge in [0.05, 0.1) is 11.1 Å². The van der Waals surface area contributed by atoms with Crippen LogP contribution in [0.25, 0.3) is 16.7 Å². The molecule has 1 aromatic carbocycles. The van der Waals surface area contributed by atoms with Crippen molar-refractivity contribution in [3.05, 3.63) is 60.4 Å². The van der Waals surface area contributed by atoms with Crippen LogP contribution in [-0.4, -0.2) is 9.55 Å². The fraction of sp³-hybridized carbons (Fsp3) is 0. The number of nitriles is 1. The summed E-state index contributed by atoms with van der Waals surface area (Å²) in [5, 5.41) is 10.1. The largest absolute Gasteiger partial charge is 0.300 e. The molecule has 0 atom stereocenters. The van der Waals surface area contributed by atoms with Crippen LogP contribution in [-0.2, 0) is 0 Å². The zero-order chi connectivity index (χ0) is 11.7. The topological polar surface area (TPSA) is 41.6 Å². The van der Waals surface area contributed by atoms with Crippen LogP contribution >= 0.6 is 0 Å². The van der Waals surface area contributed by atoms with Gasteiger partial charge in [0.2, 0.25) is 0 Å². The molecule has 0 aliphatic rings. The summed E-state index contributed by atoms with van der Waals surface area (Å²) in [5.74, 6) is 0.824. The Kier molecular flexibility index (Phi) is 2.13. The molecule has 0 N–H and O–H groups in total. The number of hydrogen-bond donors (Lipinski definition) is 0. The summed E-state index contributed by atoms with van der Waals surface area (Å²) in [5.41, 5.74) is 1.68. The van der Waals surface area contributed by atoms with E-state index in [0.717, 1.165) is 16.7 Å². The number of para-hydroxylation sites is 1. The maximum Gasteiger partial charge on any atom is 0.137 e. The zero-order valence-electron chi connectivity index (χ0n) is 9.04. The van der Waals surface area contributed by atoms with Crippen molar-refractivity contribution in [2.45, 2.75) is 0 Å². The average Bonchev–Trinajstić information content (AvgIpc) is 2.78. The summed E-state index contributed by atoms with van der Waals surface area (Å²) in [6, 6.07) is 15.8. The second-order valence-corrected chi connectivity index (χ2v) is 3.73. The van der Waals surface area contributed by atoms with E-state index >= 15 is 0 Å². The SMILES string of the molecule is N#Cc1cn(-c2ccccn2)c2ccccc12. The lowest BCUT2D eigenvalue weighted by molar-refractivity contribution is 1.04. The molecule has 3 rings (SSSR count). The number of pyridine rings is 1. The van der Waals surface area contributed by atoms with Crippen LogP contribution < -0.4 is 0 Å². The van der Waals surface area contributed by atoms with E-state index in [9.17, 15) is 0 Å². The van der Waals surface area contributed by atoms with Gasteiger partial charge >= 0.3 is 0 Å². The van der Waals surface area contributed by atoms with Gasteiger partial charge in [-0.3, -0.25) is 4.57 Å². The third kappa shape index (κ3) is 1.47. The third-order valence-electron chi connectivity index (χ3n) is 2.73. The minimum atomic E-state index is 0.672. The lowest BCUT2D eigenvalue weighted by atomic mass is 10.2. The lowest BCUT2D eigenvalue weighted by Gasteiger charge is -2.02. The summed E-state index contributed by atoms with van der Waals surface area (Å²) >= 11 is 0. The van der Waals surface area contributed by atoms with Crippen molar-refractivity contribution < 1.29 is 0 Å². The van der Waals surface area contributed by atoms with Crippen molar-refractivity contribution >= 4 is 10.9 Å². The summed E-state index contributed by atoms with van der Waals surface area (Å²) in [4.78, 5) is 4.30. The molecule has 0 unspecified atom stereocenters. The highest BCUT2D eigenvalue weighted by Gasteiger charge is 2.08. The smallest absolute Gasteiger partial charge is 0.137 e. The molecule has 0 aliphatic carbocycles. The van der Waals surface area contributed by atoms with Gasteiger partial charge in [-0.05, 0) is 18.2 Å². The van der Waals surface area contributed by atoms with Crippen LogP contribution in [0.4, 0.5) is 0 Å². The molecule has 3 nitrogen and oxygen atoms in total. The van der Waals surface area contributed by atoms with Crippen LogP contribution in [0.5, 0.6) is 0 Å².